The second-order valence-electron chi connectivity index (χ2n) is 4.26. The molecule has 1 amide bonds. The van der Waals surface area contributed by atoms with Crippen LogP contribution in [0.3, 0.4) is 0 Å². The molecular weight excluding hydrogens is 342 g/mol. The molecule has 2 heterocycles. The van der Waals surface area contributed by atoms with Crippen LogP contribution in [0.1, 0.15) is 27.9 Å². The van der Waals surface area contributed by atoms with E-state index in [0.29, 0.717) is 25.3 Å². The van der Waals surface area contributed by atoms with Crippen molar-refractivity contribution in [2.45, 2.75) is 20.0 Å². The number of carboxylic acids is 1. The number of carbonyl (C=O) groups excluding carboxylic acids is 1. The van der Waals surface area contributed by atoms with Crippen molar-refractivity contribution in [3.63, 3.8) is 0 Å². The molecule has 21 heavy (non-hydrogen) atoms. The lowest BCUT2D eigenvalue weighted by molar-refractivity contribution is 0.0690. The van der Waals surface area contributed by atoms with Gasteiger partial charge in [0.25, 0.3) is 5.91 Å². The first-order chi connectivity index (χ1) is 10.0. The molecule has 0 fully saturated rings. The molecule has 0 saturated carbocycles. The molecule has 9 heteroatoms. The van der Waals surface area contributed by atoms with E-state index in [0.717, 1.165) is 4.47 Å². The van der Waals surface area contributed by atoms with E-state index >= 15 is 0 Å². The molecule has 112 valence electrons. The Hall–Kier alpha value is -2.16. The van der Waals surface area contributed by atoms with E-state index in [4.69, 9.17) is 5.11 Å². The highest BCUT2D eigenvalue weighted by Crippen LogP contribution is 2.14. The van der Waals surface area contributed by atoms with Gasteiger partial charge in [-0.05, 0) is 28.9 Å². The Balaban J connectivity index is 1.90. The summed E-state index contributed by atoms with van der Waals surface area (Å²) >= 11 is 3.33. The minimum absolute atomic E-state index is 0.120. The summed E-state index contributed by atoms with van der Waals surface area (Å²) in [4.78, 5) is 22.7. The normalized spacial score (nSPS) is 10.6. The number of carbonyl (C=O) groups is 2. The molecule has 0 aromatic carbocycles. The third kappa shape index (κ3) is 3.69. The molecule has 2 aromatic rings. The maximum Gasteiger partial charge on any atom is 0.358 e. The van der Waals surface area contributed by atoms with Crippen LogP contribution in [0, 0.1) is 0 Å². The maximum absolute atomic E-state index is 12.0. The summed E-state index contributed by atoms with van der Waals surface area (Å²) in [5, 5.41) is 18.6. The first kappa shape index (κ1) is 15.2. The smallest absolute Gasteiger partial charge is 0.358 e. The largest absolute Gasteiger partial charge is 0.476 e. The van der Waals surface area contributed by atoms with Crippen molar-refractivity contribution in [1.29, 1.82) is 0 Å². The number of amides is 1. The highest BCUT2D eigenvalue weighted by Gasteiger charge is 2.12. The second kappa shape index (κ2) is 6.53. The van der Waals surface area contributed by atoms with Crippen LogP contribution in [0.2, 0.25) is 0 Å². The summed E-state index contributed by atoms with van der Waals surface area (Å²) in [7, 11) is 0. The third-order valence-electron chi connectivity index (χ3n) is 2.82. The lowest BCUT2D eigenvalue weighted by Gasteiger charge is -2.07. The first-order valence-corrected chi connectivity index (χ1v) is 7.08. The standard InChI is InChI=1S/C12H14BrN5O3/c1-2-17-6-8(13)5-10(17)11(19)14-3-4-18-7-9(12(20)21)15-16-18/h5-7H,2-4H2,1H3,(H,14,19)(H,20,21). The summed E-state index contributed by atoms with van der Waals surface area (Å²) in [5.74, 6) is -1.32. The number of nitrogens with zero attached hydrogens (tertiary/aromatic N) is 4. The molecule has 0 spiro atoms. The van der Waals surface area contributed by atoms with Gasteiger partial charge >= 0.3 is 5.97 Å². The van der Waals surface area contributed by atoms with Crippen LogP contribution < -0.4 is 5.32 Å². The van der Waals surface area contributed by atoms with Crippen LogP contribution in [0.25, 0.3) is 0 Å². The number of aryl methyl sites for hydroxylation is 1. The highest BCUT2D eigenvalue weighted by atomic mass is 79.9. The highest BCUT2D eigenvalue weighted by molar-refractivity contribution is 9.10. The van der Waals surface area contributed by atoms with E-state index in [2.05, 4.69) is 31.6 Å². The molecule has 0 radical (unpaired) electrons. The molecule has 0 bridgehead atoms. The Morgan fingerprint density at radius 1 is 1.43 bits per heavy atom. The molecule has 0 saturated heterocycles. The second-order valence-corrected chi connectivity index (χ2v) is 5.17. The summed E-state index contributed by atoms with van der Waals surface area (Å²) < 4.78 is 4.05. The minimum Gasteiger partial charge on any atom is -0.476 e. The SMILES string of the molecule is CCn1cc(Br)cc1C(=O)NCCn1cc(C(=O)O)nn1. The van der Waals surface area contributed by atoms with Crippen molar-refractivity contribution in [2.24, 2.45) is 0 Å². The van der Waals surface area contributed by atoms with Crippen LogP contribution in [0.4, 0.5) is 0 Å². The lowest BCUT2D eigenvalue weighted by Crippen LogP contribution is -2.29. The molecule has 0 aliphatic rings. The predicted molar refractivity (Wildman–Crippen MR) is 77.1 cm³/mol. The number of halogens is 1. The number of carboxylic acid groups (broad SMARTS) is 1. The van der Waals surface area contributed by atoms with E-state index in [9.17, 15) is 9.59 Å². The van der Waals surface area contributed by atoms with Gasteiger partial charge in [-0.1, -0.05) is 5.21 Å². The number of aromatic nitrogens is 4. The van der Waals surface area contributed by atoms with Crippen molar-refractivity contribution < 1.29 is 14.7 Å². The summed E-state index contributed by atoms with van der Waals surface area (Å²) in [5.41, 5.74) is 0.444. The van der Waals surface area contributed by atoms with E-state index in [1.807, 2.05) is 17.7 Å². The van der Waals surface area contributed by atoms with Crippen molar-refractivity contribution in [3.05, 3.63) is 34.3 Å². The van der Waals surface area contributed by atoms with Gasteiger partial charge in [0.1, 0.15) is 5.69 Å². The van der Waals surface area contributed by atoms with Gasteiger partial charge in [0.15, 0.2) is 5.69 Å². The summed E-state index contributed by atoms with van der Waals surface area (Å²) in [6.07, 6.45) is 3.16. The van der Waals surface area contributed by atoms with Gasteiger partial charge in [-0.15, -0.1) is 5.10 Å². The van der Waals surface area contributed by atoms with E-state index in [-0.39, 0.29) is 11.6 Å². The van der Waals surface area contributed by atoms with Gasteiger partial charge in [0, 0.05) is 23.8 Å². The number of nitrogens with one attached hydrogen (secondary N) is 1. The van der Waals surface area contributed by atoms with Gasteiger partial charge in [0.05, 0.1) is 12.7 Å². The molecule has 2 N–H and O–H groups in total. The summed E-state index contributed by atoms with van der Waals surface area (Å²) in [6.45, 7) is 3.32. The van der Waals surface area contributed by atoms with E-state index in [1.165, 1.54) is 10.9 Å². The van der Waals surface area contributed by atoms with Crippen molar-refractivity contribution in [3.8, 4) is 0 Å². The van der Waals surface area contributed by atoms with E-state index < -0.39 is 5.97 Å². The van der Waals surface area contributed by atoms with Gasteiger partial charge in [-0.2, -0.15) is 0 Å². The number of hydrogen-bond acceptors (Lipinski definition) is 4. The molecule has 0 unspecified atom stereocenters. The molecule has 0 aliphatic carbocycles. The fraction of sp³-hybridized carbons (Fsp3) is 0.333. The maximum atomic E-state index is 12.0. The Morgan fingerprint density at radius 2 is 2.19 bits per heavy atom. The molecule has 0 atom stereocenters. The van der Waals surface area contributed by atoms with Crippen LogP contribution in [0.15, 0.2) is 22.9 Å². The average Bonchev–Trinajstić information content (AvgIpc) is 3.05. The zero-order chi connectivity index (χ0) is 15.4. The van der Waals surface area contributed by atoms with Crippen molar-refractivity contribution in [2.75, 3.05) is 6.54 Å². The van der Waals surface area contributed by atoms with Crippen molar-refractivity contribution in [1.82, 2.24) is 24.9 Å². The Kier molecular flexibility index (Phi) is 4.73. The van der Waals surface area contributed by atoms with E-state index in [1.54, 1.807) is 6.07 Å². The third-order valence-corrected chi connectivity index (χ3v) is 3.25. The van der Waals surface area contributed by atoms with Gasteiger partial charge < -0.3 is 15.0 Å². The van der Waals surface area contributed by atoms with Gasteiger partial charge in [-0.3, -0.25) is 4.79 Å². The van der Waals surface area contributed by atoms with Crippen LogP contribution in [-0.4, -0.2) is 43.1 Å². The Labute approximate surface area is 128 Å². The fourth-order valence-electron chi connectivity index (χ4n) is 1.81. The molecule has 0 aliphatic heterocycles. The quantitative estimate of drug-likeness (QED) is 0.804. The van der Waals surface area contributed by atoms with Gasteiger partial charge in [-0.25, -0.2) is 9.48 Å². The first-order valence-electron chi connectivity index (χ1n) is 6.28. The molecule has 8 nitrogen and oxygen atoms in total. The zero-order valence-corrected chi connectivity index (χ0v) is 12.9. The average molecular weight is 356 g/mol. The monoisotopic (exact) mass is 355 g/mol. The van der Waals surface area contributed by atoms with Gasteiger partial charge in [0.2, 0.25) is 0 Å². The van der Waals surface area contributed by atoms with Crippen LogP contribution >= 0.6 is 15.9 Å². The molecular formula is C12H14BrN5O3. The predicted octanol–water partition coefficient (Wildman–Crippen LogP) is 0.990. The molecule has 2 rings (SSSR count). The number of rotatable bonds is 6. The summed E-state index contributed by atoms with van der Waals surface area (Å²) in [6, 6.07) is 1.75. The molecule has 2 aromatic heterocycles. The Bertz CT molecular complexity index is 664. The van der Waals surface area contributed by atoms with Crippen LogP contribution in [0.5, 0.6) is 0 Å². The zero-order valence-electron chi connectivity index (χ0n) is 11.3. The topological polar surface area (TPSA) is 102 Å². The number of hydrogen-bond donors (Lipinski definition) is 2. The number of aromatic carboxylic acids is 1. The van der Waals surface area contributed by atoms with Crippen molar-refractivity contribution >= 4 is 27.8 Å². The minimum atomic E-state index is -1.13. The van der Waals surface area contributed by atoms with Crippen LogP contribution in [-0.2, 0) is 13.1 Å². The lowest BCUT2D eigenvalue weighted by atomic mass is 10.4. The Morgan fingerprint density at radius 3 is 2.81 bits per heavy atom. The fourth-order valence-corrected chi connectivity index (χ4v) is 2.27.